The molecular weight excluding hydrogens is 279 g/mol. The third-order valence-electron chi connectivity index (χ3n) is 2.29. The largest absolute Gasteiger partial charge is 0.384 e. The Bertz CT molecular complexity index is 719. The smallest absolute Gasteiger partial charge is 0.251 e. The zero-order valence-corrected chi connectivity index (χ0v) is 11.2. The highest BCUT2D eigenvalue weighted by Crippen LogP contribution is 2.19. The zero-order valence-electron chi connectivity index (χ0n) is 10.4. The fraction of sp³-hybridized carbons (Fsp3) is 0.143. The van der Waals surface area contributed by atoms with Gasteiger partial charge < -0.3 is 10.1 Å². The molecule has 0 unspecified atom stereocenters. The molecule has 1 aromatic carbocycles. The monoisotopic (exact) mass is 290 g/mol. The second-order valence-corrected chi connectivity index (χ2v) is 4.80. The molecule has 2 N–H and O–H groups in total. The van der Waals surface area contributed by atoms with Crippen LogP contribution in [0.3, 0.4) is 0 Å². The highest BCUT2D eigenvalue weighted by Gasteiger charge is 2.02. The van der Waals surface area contributed by atoms with Gasteiger partial charge in [-0.15, -0.1) is 0 Å². The van der Waals surface area contributed by atoms with E-state index in [4.69, 9.17) is 5.11 Å². The Kier molecular flexibility index (Phi) is 4.93. The molecule has 0 bridgehead atoms. The third-order valence-corrected chi connectivity index (χ3v) is 3.25. The van der Waals surface area contributed by atoms with Crippen molar-refractivity contribution in [3.63, 3.8) is 0 Å². The van der Waals surface area contributed by atoms with Gasteiger partial charge in [0.25, 0.3) is 5.56 Å². The van der Waals surface area contributed by atoms with Crippen LogP contribution in [0, 0.1) is 17.7 Å². The number of halogens is 1. The van der Waals surface area contributed by atoms with E-state index in [1.54, 1.807) is 6.07 Å². The topological polar surface area (TPSA) is 66.0 Å². The van der Waals surface area contributed by atoms with Crippen LogP contribution in [0.25, 0.3) is 0 Å². The molecule has 0 spiro atoms. The average Bonchev–Trinajstić information content (AvgIpc) is 2.42. The summed E-state index contributed by atoms with van der Waals surface area (Å²) < 4.78 is 13.4. The molecule has 0 aliphatic heterocycles. The quantitative estimate of drug-likeness (QED) is 0.511. The standard InChI is InChI=1S/C14H11FN2O2S/c15-12-7-10(2-1-5-18)6-11(8-12)9-20-14-16-4-3-13(19)17-14/h3-4,6-8,18H,5,9H2,(H,16,17,19). The van der Waals surface area contributed by atoms with E-state index in [9.17, 15) is 9.18 Å². The summed E-state index contributed by atoms with van der Waals surface area (Å²) in [7, 11) is 0. The Labute approximate surface area is 119 Å². The van der Waals surface area contributed by atoms with Crippen molar-refractivity contribution in [3.8, 4) is 11.8 Å². The van der Waals surface area contributed by atoms with Crippen molar-refractivity contribution in [1.82, 2.24) is 9.97 Å². The van der Waals surface area contributed by atoms with E-state index in [0.29, 0.717) is 16.5 Å². The average molecular weight is 290 g/mol. The SMILES string of the molecule is O=c1ccnc(SCc2cc(F)cc(C#CCO)c2)[nH]1. The Balaban J connectivity index is 2.13. The minimum atomic E-state index is -0.389. The minimum absolute atomic E-state index is 0.226. The molecular formula is C14H11FN2O2S. The maximum absolute atomic E-state index is 13.4. The maximum Gasteiger partial charge on any atom is 0.251 e. The van der Waals surface area contributed by atoms with E-state index >= 15 is 0 Å². The molecule has 0 radical (unpaired) electrons. The molecule has 6 heteroatoms. The molecule has 0 aliphatic rings. The normalized spacial score (nSPS) is 9.90. The van der Waals surface area contributed by atoms with Gasteiger partial charge in [-0.3, -0.25) is 4.79 Å². The van der Waals surface area contributed by atoms with Gasteiger partial charge in [-0.05, 0) is 23.8 Å². The number of benzene rings is 1. The Hall–Kier alpha value is -2.10. The first-order valence-electron chi connectivity index (χ1n) is 5.75. The first kappa shape index (κ1) is 14.3. The summed E-state index contributed by atoms with van der Waals surface area (Å²) in [4.78, 5) is 17.7. The molecule has 0 saturated heterocycles. The van der Waals surface area contributed by atoms with Gasteiger partial charge in [0.05, 0.1) is 0 Å². The van der Waals surface area contributed by atoms with E-state index in [1.165, 1.54) is 36.2 Å². The second-order valence-electron chi connectivity index (χ2n) is 3.84. The molecule has 0 saturated carbocycles. The van der Waals surface area contributed by atoms with Crippen molar-refractivity contribution in [2.24, 2.45) is 0 Å². The number of aliphatic hydroxyl groups is 1. The molecule has 0 amide bonds. The van der Waals surface area contributed by atoms with Gasteiger partial charge in [0.2, 0.25) is 0 Å². The first-order valence-corrected chi connectivity index (χ1v) is 6.73. The van der Waals surface area contributed by atoms with Gasteiger partial charge in [0, 0.05) is 23.6 Å². The molecule has 4 nitrogen and oxygen atoms in total. The zero-order chi connectivity index (χ0) is 14.4. The highest BCUT2D eigenvalue weighted by molar-refractivity contribution is 7.98. The second kappa shape index (κ2) is 6.89. The highest BCUT2D eigenvalue weighted by atomic mass is 32.2. The molecule has 0 aliphatic carbocycles. The maximum atomic E-state index is 13.4. The molecule has 2 rings (SSSR count). The Morgan fingerprint density at radius 2 is 2.25 bits per heavy atom. The molecule has 1 aromatic heterocycles. The lowest BCUT2D eigenvalue weighted by atomic mass is 10.1. The van der Waals surface area contributed by atoms with Crippen LogP contribution in [-0.4, -0.2) is 21.7 Å². The van der Waals surface area contributed by atoms with Gasteiger partial charge in [0.15, 0.2) is 5.16 Å². The van der Waals surface area contributed by atoms with Crippen LogP contribution in [0.1, 0.15) is 11.1 Å². The number of aromatic amines is 1. The van der Waals surface area contributed by atoms with Crippen molar-refractivity contribution in [2.45, 2.75) is 10.9 Å². The summed E-state index contributed by atoms with van der Waals surface area (Å²) in [5.41, 5.74) is 1.00. The lowest BCUT2D eigenvalue weighted by Crippen LogP contribution is -2.05. The summed E-state index contributed by atoms with van der Waals surface area (Å²) in [5.74, 6) is 5.20. The van der Waals surface area contributed by atoms with E-state index in [-0.39, 0.29) is 18.0 Å². The van der Waals surface area contributed by atoms with Crippen LogP contribution in [0.4, 0.5) is 4.39 Å². The summed E-state index contributed by atoms with van der Waals surface area (Å²) in [6.45, 7) is -0.268. The molecule has 0 atom stereocenters. The number of aromatic nitrogens is 2. The van der Waals surface area contributed by atoms with Gasteiger partial charge in [-0.2, -0.15) is 0 Å². The fourth-order valence-corrected chi connectivity index (χ4v) is 2.30. The Morgan fingerprint density at radius 1 is 1.40 bits per heavy atom. The van der Waals surface area contributed by atoms with Crippen LogP contribution >= 0.6 is 11.8 Å². The number of nitrogens with one attached hydrogen (secondary N) is 1. The number of rotatable bonds is 3. The van der Waals surface area contributed by atoms with Gasteiger partial charge in [-0.25, -0.2) is 9.37 Å². The van der Waals surface area contributed by atoms with Crippen molar-refractivity contribution in [1.29, 1.82) is 0 Å². The van der Waals surface area contributed by atoms with Gasteiger partial charge in [-0.1, -0.05) is 23.6 Å². The number of hydrogen-bond acceptors (Lipinski definition) is 4. The lowest BCUT2D eigenvalue weighted by Gasteiger charge is -2.02. The summed E-state index contributed by atoms with van der Waals surface area (Å²) >= 11 is 1.30. The number of H-pyrrole nitrogens is 1. The minimum Gasteiger partial charge on any atom is -0.384 e. The van der Waals surface area contributed by atoms with E-state index in [1.807, 2.05) is 0 Å². The van der Waals surface area contributed by atoms with Gasteiger partial charge in [0.1, 0.15) is 12.4 Å². The molecule has 20 heavy (non-hydrogen) atoms. The van der Waals surface area contributed by atoms with E-state index in [0.717, 1.165) is 5.56 Å². The molecule has 1 heterocycles. The third kappa shape index (κ3) is 4.23. The first-order chi connectivity index (χ1) is 9.67. The number of aliphatic hydroxyl groups excluding tert-OH is 1. The Morgan fingerprint density at radius 3 is 3.00 bits per heavy atom. The summed E-state index contributed by atoms with van der Waals surface area (Å²) in [6.07, 6.45) is 1.42. The predicted octanol–water partition coefficient (Wildman–Crippen LogP) is 1.55. The lowest BCUT2D eigenvalue weighted by molar-refractivity contribution is 0.350. The summed E-state index contributed by atoms with van der Waals surface area (Å²) in [6, 6.07) is 5.77. The fourth-order valence-electron chi connectivity index (χ4n) is 1.52. The van der Waals surface area contributed by atoms with Crippen molar-refractivity contribution in [3.05, 3.63) is 57.8 Å². The van der Waals surface area contributed by atoms with E-state index < -0.39 is 0 Å². The van der Waals surface area contributed by atoms with Crippen molar-refractivity contribution in [2.75, 3.05) is 6.61 Å². The predicted molar refractivity (Wildman–Crippen MR) is 74.8 cm³/mol. The van der Waals surface area contributed by atoms with E-state index in [2.05, 4.69) is 21.8 Å². The number of thioether (sulfide) groups is 1. The number of hydrogen-bond donors (Lipinski definition) is 2. The van der Waals surface area contributed by atoms with Crippen LogP contribution in [-0.2, 0) is 5.75 Å². The van der Waals surface area contributed by atoms with Crippen molar-refractivity contribution >= 4 is 11.8 Å². The van der Waals surface area contributed by atoms with Gasteiger partial charge >= 0.3 is 0 Å². The molecule has 0 fully saturated rings. The van der Waals surface area contributed by atoms with Crippen LogP contribution in [0.15, 0.2) is 40.4 Å². The van der Waals surface area contributed by atoms with Crippen LogP contribution < -0.4 is 5.56 Å². The van der Waals surface area contributed by atoms with Crippen LogP contribution in [0.5, 0.6) is 0 Å². The molecule has 102 valence electrons. The number of nitrogens with zero attached hydrogens (tertiary/aromatic N) is 1. The van der Waals surface area contributed by atoms with Crippen molar-refractivity contribution < 1.29 is 9.50 Å². The summed E-state index contributed by atoms with van der Waals surface area (Å²) in [5, 5.41) is 9.11. The van der Waals surface area contributed by atoms with Crippen LogP contribution in [0.2, 0.25) is 0 Å². The molecule has 2 aromatic rings.